The lowest BCUT2D eigenvalue weighted by atomic mass is 9.93. The molecule has 0 aromatic carbocycles. The van der Waals surface area contributed by atoms with Crippen LogP contribution < -0.4 is 0 Å². The maximum absolute atomic E-state index is 12.2. The minimum Gasteiger partial charge on any atom is -0.481 e. The fourth-order valence-electron chi connectivity index (χ4n) is 7.82. The quantitative estimate of drug-likeness (QED) is 0.0263. The number of unbranched alkanes of at least 4 members (excludes halogenated alkanes) is 24. The number of carboxylic acids is 1. The van der Waals surface area contributed by atoms with E-state index in [0.717, 1.165) is 89.9 Å². The molecule has 0 spiro atoms. The van der Waals surface area contributed by atoms with Crippen LogP contribution >= 0.6 is 0 Å². The van der Waals surface area contributed by atoms with Crippen molar-refractivity contribution < 1.29 is 67.1 Å². The summed E-state index contributed by atoms with van der Waals surface area (Å²) in [4.78, 5) is 82.7. The van der Waals surface area contributed by atoms with E-state index < -0.39 is 11.9 Å². The molecule has 0 aliphatic carbocycles. The van der Waals surface area contributed by atoms with Crippen molar-refractivity contribution in [3.8, 4) is 0 Å². The molecular weight excluding hydrogens is 1040 g/mol. The van der Waals surface area contributed by atoms with Crippen molar-refractivity contribution in [3.63, 3.8) is 0 Å². The van der Waals surface area contributed by atoms with Crippen molar-refractivity contribution in [3.05, 3.63) is 0 Å². The first-order valence-electron chi connectivity index (χ1n) is 33.5. The number of aliphatic carboxylic acids is 1. The van der Waals surface area contributed by atoms with Gasteiger partial charge in [0, 0.05) is 51.9 Å². The summed E-state index contributed by atoms with van der Waals surface area (Å²) in [6, 6.07) is 0. The molecule has 0 bridgehead atoms. The second-order valence-electron chi connectivity index (χ2n) is 21.4. The number of hydrogen-bond acceptors (Lipinski definition) is 12. The second-order valence-corrected chi connectivity index (χ2v) is 21.4. The number of ketones is 1. The zero-order valence-corrected chi connectivity index (χ0v) is 56.1. The molecular formula is C68H135FO13. The van der Waals surface area contributed by atoms with Crippen molar-refractivity contribution in [2.45, 2.75) is 347 Å². The van der Waals surface area contributed by atoms with Crippen LogP contribution in [0.1, 0.15) is 347 Å². The van der Waals surface area contributed by atoms with Gasteiger partial charge in [0.1, 0.15) is 12.1 Å². The highest BCUT2D eigenvalue weighted by molar-refractivity contribution is 5.80. The van der Waals surface area contributed by atoms with E-state index in [1.54, 1.807) is 0 Å². The van der Waals surface area contributed by atoms with Crippen LogP contribution in [-0.4, -0.2) is 80.6 Å². The topological polar surface area (TPSA) is 186 Å². The van der Waals surface area contributed by atoms with Gasteiger partial charge in [-0.05, 0) is 54.4 Å². The van der Waals surface area contributed by atoms with E-state index in [4.69, 9.17) is 19.3 Å². The van der Waals surface area contributed by atoms with Gasteiger partial charge in [0.25, 0.3) is 0 Å². The van der Waals surface area contributed by atoms with Crippen LogP contribution in [0.4, 0.5) is 4.53 Å². The number of halogens is 1. The summed E-state index contributed by atoms with van der Waals surface area (Å²) in [5.74, 6) is -1.97. The molecule has 0 amide bonds. The molecule has 0 aromatic rings. The molecule has 2 atom stereocenters. The summed E-state index contributed by atoms with van der Waals surface area (Å²) in [7, 11) is 0.958. The first-order chi connectivity index (χ1) is 39.5. The first-order valence-corrected chi connectivity index (χ1v) is 33.5. The first kappa shape index (κ1) is 92.3. The number of esters is 4. The molecule has 82 heavy (non-hydrogen) atoms. The van der Waals surface area contributed by atoms with Gasteiger partial charge in [-0.15, -0.1) is 0 Å². The molecule has 0 aromatic heterocycles. The van der Waals surface area contributed by atoms with Gasteiger partial charge >= 0.3 is 29.8 Å². The number of hydrogen-bond donors (Lipinski definition) is 1. The zero-order chi connectivity index (χ0) is 63.6. The Morgan fingerprint density at radius 1 is 0.427 bits per heavy atom. The number of ether oxygens (including phenoxy) is 4. The van der Waals surface area contributed by atoms with Crippen LogP contribution in [0.5, 0.6) is 0 Å². The Morgan fingerprint density at radius 3 is 1.05 bits per heavy atom. The SMILES string of the molecule is CC.CCCC.CCCCCC(C)CC.CCCCCCCCCC(=O)CC(CC(=O)O)CC(=O)OCCCCCCCC.CCCCCCCCOC(=O)CC(CC=O)CC(=O)OCCCCCCCC.CCCOC(C)=O.COF. The Labute approximate surface area is 505 Å². The summed E-state index contributed by atoms with van der Waals surface area (Å²) in [6.07, 6.45) is 40.5. The fraction of sp³-hybridized carbons (Fsp3) is 0.897. The lowest BCUT2D eigenvalue weighted by Gasteiger charge is -2.14. The second kappa shape index (κ2) is 84.0. The largest absolute Gasteiger partial charge is 0.481 e. The van der Waals surface area contributed by atoms with Gasteiger partial charge in [-0.3, -0.25) is 28.8 Å². The van der Waals surface area contributed by atoms with Gasteiger partial charge < -0.3 is 28.8 Å². The van der Waals surface area contributed by atoms with Crippen molar-refractivity contribution in [2.75, 3.05) is 33.5 Å². The molecule has 2 unspecified atom stereocenters. The average Bonchev–Trinajstić information content (AvgIpc) is 3.45. The van der Waals surface area contributed by atoms with E-state index in [1.807, 2.05) is 20.8 Å². The average molecular weight is 1180 g/mol. The number of carbonyl (C=O) groups excluding carboxylic acids is 6. The molecule has 1 N–H and O–H groups in total. The summed E-state index contributed by atoms with van der Waals surface area (Å²) >= 11 is 0. The van der Waals surface area contributed by atoms with Gasteiger partial charge in [-0.2, -0.15) is 4.94 Å². The van der Waals surface area contributed by atoms with Crippen molar-refractivity contribution in [1.82, 2.24) is 0 Å². The predicted molar refractivity (Wildman–Crippen MR) is 340 cm³/mol. The van der Waals surface area contributed by atoms with E-state index in [2.05, 4.69) is 72.0 Å². The van der Waals surface area contributed by atoms with Crippen LogP contribution in [0, 0.1) is 17.8 Å². The molecule has 0 aliphatic heterocycles. The molecule has 0 radical (unpaired) electrons. The maximum atomic E-state index is 12.2. The molecule has 0 saturated carbocycles. The van der Waals surface area contributed by atoms with Gasteiger partial charge in [-0.1, -0.05) is 263 Å². The van der Waals surface area contributed by atoms with E-state index in [-0.39, 0.29) is 74.1 Å². The fourth-order valence-corrected chi connectivity index (χ4v) is 7.82. The Balaban J connectivity index is -0.000000194. The number of carboxylic acid groups (broad SMARTS) is 1. The summed E-state index contributed by atoms with van der Waals surface area (Å²) in [6.45, 7) is 29.1. The monoisotopic (exact) mass is 1180 g/mol. The standard InChI is InChI=1S/C24H44O5.C23H42O5.C9H20.C5H10O2.C4H10.C2H6.CH3FO/c1-3-5-7-9-11-12-14-16-22(25)18-21(19-23(26)27)20-24(28)29-17-15-13-10-8-6-4-2;1-3-5-7-9-11-13-17-27-22(25)19-21(15-16-24)20-23(26)28-18-14-12-10-8-6-4-2;1-4-6-7-8-9(3)5-2;1-3-4-7-5(2)6;1-3-4-2;1-2;1-3-2/h21H,3-20H2,1-2H3,(H,26,27);16,21H,3-15,17-20H2,1-2H3;9H,4-8H2,1-3H3;3-4H2,1-2H3;3-4H2,1-2H3;1-2H3;1H3. The highest BCUT2D eigenvalue weighted by Crippen LogP contribution is 2.19. The van der Waals surface area contributed by atoms with Gasteiger partial charge in [0.15, 0.2) is 0 Å². The number of carbonyl (C=O) groups is 7. The van der Waals surface area contributed by atoms with Crippen LogP contribution in [0.25, 0.3) is 0 Å². The molecule has 492 valence electrons. The number of aldehydes is 1. The maximum Gasteiger partial charge on any atom is 0.306 e. The van der Waals surface area contributed by atoms with Crippen molar-refractivity contribution in [1.29, 1.82) is 0 Å². The molecule has 0 saturated heterocycles. The van der Waals surface area contributed by atoms with E-state index in [0.29, 0.717) is 32.8 Å². The summed E-state index contributed by atoms with van der Waals surface area (Å²) in [5.41, 5.74) is 0. The normalized spacial score (nSPS) is 10.8. The third-order valence-electron chi connectivity index (χ3n) is 13.1. The Hall–Kier alpha value is -3.42. The summed E-state index contributed by atoms with van der Waals surface area (Å²) in [5, 5.41) is 9.08. The molecule has 0 fully saturated rings. The highest BCUT2D eigenvalue weighted by Gasteiger charge is 2.22. The van der Waals surface area contributed by atoms with Gasteiger partial charge in [0.05, 0.1) is 33.5 Å². The predicted octanol–water partition coefficient (Wildman–Crippen LogP) is 20.2. The molecule has 14 heteroatoms. The smallest absolute Gasteiger partial charge is 0.306 e. The number of rotatable bonds is 49. The zero-order valence-electron chi connectivity index (χ0n) is 56.1. The van der Waals surface area contributed by atoms with E-state index >= 15 is 0 Å². The van der Waals surface area contributed by atoms with Crippen molar-refractivity contribution in [2.24, 2.45) is 17.8 Å². The van der Waals surface area contributed by atoms with Crippen LogP contribution in [0.2, 0.25) is 0 Å². The lowest BCUT2D eigenvalue weighted by molar-refractivity contribution is -0.149. The van der Waals surface area contributed by atoms with Crippen LogP contribution in [0.3, 0.4) is 0 Å². The minimum atomic E-state index is -0.970. The van der Waals surface area contributed by atoms with E-state index in [1.165, 1.54) is 148 Å². The highest BCUT2D eigenvalue weighted by atomic mass is 19.3. The Bertz CT molecular complexity index is 1250. The van der Waals surface area contributed by atoms with Crippen molar-refractivity contribution >= 4 is 41.9 Å². The third-order valence-corrected chi connectivity index (χ3v) is 13.1. The Morgan fingerprint density at radius 2 is 0.756 bits per heavy atom. The molecule has 13 nitrogen and oxygen atoms in total. The minimum absolute atomic E-state index is 0.0187. The van der Waals surface area contributed by atoms with E-state index in [9.17, 15) is 38.1 Å². The summed E-state index contributed by atoms with van der Waals surface area (Å²) < 4.78 is 30.1. The lowest BCUT2D eigenvalue weighted by Crippen LogP contribution is -2.18. The third kappa shape index (κ3) is 95.8. The van der Waals surface area contributed by atoms with Crippen LogP contribution in [0.15, 0.2) is 0 Å². The molecule has 0 rings (SSSR count). The van der Waals surface area contributed by atoms with Gasteiger partial charge in [0.2, 0.25) is 0 Å². The van der Waals surface area contributed by atoms with Gasteiger partial charge in [-0.25, -0.2) is 0 Å². The number of Topliss-reactive ketones (excluding diaryl/α,β-unsaturated/α-hetero) is 1. The molecule has 0 heterocycles. The van der Waals surface area contributed by atoms with Crippen LogP contribution in [-0.2, 0) is 57.5 Å². The molecule has 0 aliphatic rings. The Kier molecular flexibility index (Phi) is 94.6.